The van der Waals surface area contributed by atoms with Crippen molar-refractivity contribution in [3.8, 4) is 0 Å². The number of aryl methyl sites for hydroxylation is 1. The van der Waals surface area contributed by atoms with E-state index in [9.17, 15) is 9.59 Å². The molecule has 1 saturated heterocycles. The van der Waals surface area contributed by atoms with Gasteiger partial charge in [-0.1, -0.05) is 30.0 Å². The molecule has 0 aliphatic carbocycles. The first-order chi connectivity index (χ1) is 11.5. The minimum atomic E-state index is -0.0719. The lowest BCUT2D eigenvalue weighted by molar-refractivity contribution is 0.0788. The fraction of sp³-hybridized carbons (Fsp3) is 0.389. The Morgan fingerprint density at radius 3 is 2.79 bits per heavy atom. The van der Waals surface area contributed by atoms with E-state index in [2.05, 4.69) is 9.97 Å². The van der Waals surface area contributed by atoms with E-state index in [1.165, 1.54) is 0 Å². The third-order valence-corrected chi connectivity index (χ3v) is 5.53. The number of thioether (sulfide) groups is 1. The highest BCUT2D eigenvalue weighted by atomic mass is 32.2. The predicted molar refractivity (Wildman–Crippen MR) is 95.5 cm³/mol. The van der Waals surface area contributed by atoms with Crippen molar-refractivity contribution in [2.75, 3.05) is 18.8 Å². The Balaban J connectivity index is 1.57. The smallest absolute Gasteiger partial charge is 0.254 e. The maximum absolute atomic E-state index is 12.5. The SMILES string of the molecule is Cc1nc(SCC2CCN(C(=O)c3ccccc3)C2)[nH]c(=O)c1C. The summed E-state index contributed by atoms with van der Waals surface area (Å²) < 4.78 is 0. The van der Waals surface area contributed by atoms with Crippen molar-refractivity contribution in [2.45, 2.75) is 25.4 Å². The first kappa shape index (κ1) is 16.8. The second-order valence-electron chi connectivity index (χ2n) is 6.16. The molecule has 1 N–H and O–H groups in total. The standard InChI is InChI=1S/C18H21N3O2S/c1-12-13(2)19-18(20-16(12)22)24-11-14-8-9-21(10-14)17(23)15-6-4-3-5-7-15/h3-7,14H,8-11H2,1-2H3,(H,19,20,22). The first-order valence-corrected chi connectivity index (χ1v) is 9.08. The monoisotopic (exact) mass is 343 g/mol. The van der Waals surface area contributed by atoms with Gasteiger partial charge in [-0.3, -0.25) is 9.59 Å². The number of amides is 1. The van der Waals surface area contributed by atoms with Gasteiger partial charge in [0.2, 0.25) is 0 Å². The molecule has 1 aliphatic rings. The average Bonchev–Trinajstić information content (AvgIpc) is 3.07. The lowest BCUT2D eigenvalue weighted by Crippen LogP contribution is -2.28. The van der Waals surface area contributed by atoms with Gasteiger partial charge in [0.25, 0.3) is 11.5 Å². The lowest BCUT2D eigenvalue weighted by atomic mass is 10.1. The van der Waals surface area contributed by atoms with Gasteiger partial charge in [-0.2, -0.15) is 0 Å². The molecule has 1 aromatic heterocycles. The number of nitrogens with zero attached hydrogens (tertiary/aromatic N) is 2. The Hall–Kier alpha value is -2.08. The summed E-state index contributed by atoms with van der Waals surface area (Å²) in [7, 11) is 0. The highest BCUT2D eigenvalue weighted by molar-refractivity contribution is 7.99. The normalized spacial score (nSPS) is 17.2. The van der Waals surface area contributed by atoms with E-state index in [0.717, 1.165) is 36.5 Å². The molecule has 1 atom stereocenters. The number of carbonyl (C=O) groups excluding carboxylic acids is 1. The second-order valence-corrected chi connectivity index (χ2v) is 7.17. The van der Waals surface area contributed by atoms with E-state index in [1.807, 2.05) is 42.2 Å². The van der Waals surface area contributed by atoms with Crippen LogP contribution >= 0.6 is 11.8 Å². The number of hydrogen-bond donors (Lipinski definition) is 1. The summed E-state index contributed by atoms with van der Waals surface area (Å²) in [5.74, 6) is 1.37. The van der Waals surface area contributed by atoms with Crippen molar-refractivity contribution in [3.63, 3.8) is 0 Å². The van der Waals surface area contributed by atoms with Gasteiger partial charge in [-0.15, -0.1) is 0 Å². The molecule has 1 amide bonds. The van der Waals surface area contributed by atoms with E-state index in [0.29, 0.717) is 16.6 Å². The minimum absolute atomic E-state index is 0.0719. The fourth-order valence-electron chi connectivity index (χ4n) is 2.80. The number of likely N-dealkylation sites (tertiary alicyclic amines) is 1. The summed E-state index contributed by atoms with van der Waals surface area (Å²) in [6.45, 7) is 5.18. The minimum Gasteiger partial charge on any atom is -0.338 e. The fourth-order valence-corrected chi connectivity index (χ4v) is 3.83. The number of aromatic nitrogens is 2. The molecular formula is C18H21N3O2S. The van der Waals surface area contributed by atoms with Crippen molar-refractivity contribution < 1.29 is 4.79 Å². The second kappa shape index (κ2) is 7.21. The highest BCUT2D eigenvalue weighted by Crippen LogP contribution is 2.25. The molecule has 0 spiro atoms. The molecule has 0 saturated carbocycles. The summed E-state index contributed by atoms with van der Waals surface area (Å²) in [5.41, 5.74) is 2.11. The maximum Gasteiger partial charge on any atom is 0.254 e. The zero-order valence-corrected chi connectivity index (χ0v) is 14.7. The molecule has 0 bridgehead atoms. The predicted octanol–water partition coefficient (Wildman–Crippen LogP) is 2.64. The number of hydrogen-bond acceptors (Lipinski definition) is 4. The van der Waals surface area contributed by atoms with Crippen molar-refractivity contribution in [1.82, 2.24) is 14.9 Å². The highest BCUT2D eigenvalue weighted by Gasteiger charge is 2.27. The van der Waals surface area contributed by atoms with Gasteiger partial charge in [0.05, 0.1) is 0 Å². The van der Waals surface area contributed by atoms with Gasteiger partial charge < -0.3 is 9.88 Å². The van der Waals surface area contributed by atoms with Crippen LogP contribution in [0.4, 0.5) is 0 Å². The molecule has 1 aromatic carbocycles. The summed E-state index contributed by atoms with van der Waals surface area (Å²) in [6, 6.07) is 9.40. The summed E-state index contributed by atoms with van der Waals surface area (Å²) in [6.07, 6.45) is 0.987. The molecule has 126 valence electrons. The van der Waals surface area contributed by atoms with Crippen molar-refractivity contribution in [1.29, 1.82) is 0 Å². The van der Waals surface area contributed by atoms with Gasteiger partial charge in [-0.25, -0.2) is 4.98 Å². The first-order valence-electron chi connectivity index (χ1n) is 8.09. The van der Waals surface area contributed by atoms with Crippen LogP contribution in [-0.4, -0.2) is 39.6 Å². The molecular weight excluding hydrogens is 322 g/mol. The van der Waals surface area contributed by atoms with Crippen LogP contribution in [0.15, 0.2) is 40.3 Å². The third kappa shape index (κ3) is 3.70. The molecule has 2 aromatic rings. The summed E-state index contributed by atoms with van der Waals surface area (Å²) in [4.78, 5) is 33.4. The summed E-state index contributed by atoms with van der Waals surface area (Å²) in [5, 5.41) is 0.663. The van der Waals surface area contributed by atoms with Gasteiger partial charge in [0.15, 0.2) is 5.16 Å². The molecule has 6 heteroatoms. The molecule has 5 nitrogen and oxygen atoms in total. The number of benzene rings is 1. The Morgan fingerprint density at radius 2 is 2.08 bits per heavy atom. The van der Waals surface area contributed by atoms with Crippen molar-refractivity contribution in [3.05, 3.63) is 57.5 Å². The van der Waals surface area contributed by atoms with Crippen LogP contribution in [0, 0.1) is 19.8 Å². The topological polar surface area (TPSA) is 66.1 Å². The largest absolute Gasteiger partial charge is 0.338 e. The number of nitrogens with one attached hydrogen (secondary N) is 1. The van der Waals surface area contributed by atoms with Crippen molar-refractivity contribution >= 4 is 17.7 Å². The molecule has 1 fully saturated rings. The Kier molecular flexibility index (Phi) is 5.04. The van der Waals surface area contributed by atoms with Crippen LogP contribution in [0.5, 0.6) is 0 Å². The van der Waals surface area contributed by atoms with E-state index in [-0.39, 0.29) is 11.5 Å². The van der Waals surface area contributed by atoms with Gasteiger partial charge in [0, 0.05) is 35.7 Å². The number of carbonyl (C=O) groups is 1. The van der Waals surface area contributed by atoms with Crippen LogP contribution < -0.4 is 5.56 Å². The Bertz CT molecular complexity index is 789. The maximum atomic E-state index is 12.5. The van der Waals surface area contributed by atoms with Crippen LogP contribution in [0.2, 0.25) is 0 Å². The van der Waals surface area contributed by atoms with E-state index >= 15 is 0 Å². The third-order valence-electron chi connectivity index (χ3n) is 4.42. The molecule has 3 rings (SSSR count). The van der Waals surface area contributed by atoms with Crippen LogP contribution in [0.1, 0.15) is 28.0 Å². The zero-order chi connectivity index (χ0) is 17.1. The number of H-pyrrole nitrogens is 1. The van der Waals surface area contributed by atoms with Gasteiger partial charge in [0.1, 0.15) is 0 Å². The van der Waals surface area contributed by atoms with E-state index in [4.69, 9.17) is 0 Å². The Labute approximate surface area is 145 Å². The molecule has 0 radical (unpaired) electrons. The average molecular weight is 343 g/mol. The molecule has 24 heavy (non-hydrogen) atoms. The van der Waals surface area contributed by atoms with Crippen LogP contribution in [0.25, 0.3) is 0 Å². The van der Waals surface area contributed by atoms with Gasteiger partial charge >= 0.3 is 0 Å². The lowest BCUT2D eigenvalue weighted by Gasteiger charge is -2.16. The van der Waals surface area contributed by atoms with Gasteiger partial charge in [-0.05, 0) is 38.3 Å². The van der Waals surface area contributed by atoms with E-state index in [1.54, 1.807) is 18.7 Å². The molecule has 1 aliphatic heterocycles. The van der Waals surface area contributed by atoms with Crippen LogP contribution in [0.3, 0.4) is 0 Å². The Morgan fingerprint density at radius 1 is 1.33 bits per heavy atom. The quantitative estimate of drug-likeness (QED) is 0.685. The molecule has 2 heterocycles. The number of aromatic amines is 1. The van der Waals surface area contributed by atoms with E-state index < -0.39 is 0 Å². The van der Waals surface area contributed by atoms with Crippen LogP contribution in [-0.2, 0) is 0 Å². The zero-order valence-electron chi connectivity index (χ0n) is 13.9. The molecule has 1 unspecified atom stereocenters. The summed E-state index contributed by atoms with van der Waals surface area (Å²) >= 11 is 1.56. The van der Waals surface area contributed by atoms with Crippen molar-refractivity contribution in [2.24, 2.45) is 5.92 Å². The number of rotatable bonds is 4.